The summed E-state index contributed by atoms with van der Waals surface area (Å²) in [4.78, 5) is 6.93. The van der Waals surface area contributed by atoms with Crippen LogP contribution in [-0.4, -0.2) is 61.0 Å². The topological polar surface area (TPSA) is 66.7 Å². The molecule has 7 nitrogen and oxygen atoms in total. The SMILES string of the molecule is CN=C(NCCCn1cccn1)NCC(c1ccc(OC)cc1)N1CCCC1.I. The second-order valence-electron chi connectivity index (χ2n) is 7.03. The molecule has 1 aliphatic heterocycles. The Morgan fingerprint density at radius 2 is 1.97 bits per heavy atom. The van der Waals surface area contributed by atoms with Crippen LogP contribution in [0, 0.1) is 0 Å². The first-order valence-corrected chi connectivity index (χ1v) is 10.1. The van der Waals surface area contributed by atoms with Gasteiger partial charge >= 0.3 is 0 Å². The molecule has 0 bridgehead atoms. The highest BCUT2D eigenvalue weighted by molar-refractivity contribution is 14.0. The molecule has 160 valence electrons. The van der Waals surface area contributed by atoms with E-state index in [4.69, 9.17) is 4.74 Å². The van der Waals surface area contributed by atoms with Gasteiger partial charge in [-0.25, -0.2) is 0 Å². The van der Waals surface area contributed by atoms with Gasteiger partial charge in [0.1, 0.15) is 5.75 Å². The molecule has 2 heterocycles. The third-order valence-electron chi connectivity index (χ3n) is 5.18. The monoisotopic (exact) mass is 512 g/mol. The summed E-state index contributed by atoms with van der Waals surface area (Å²) in [7, 11) is 3.53. The van der Waals surface area contributed by atoms with Crippen molar-refractivity contribution in [3.63, 3.8) is 0 Å². The first-order valence-electron chi connectivity index (χ1n) is 10.1. The molecule has 1 unspecified atom stereocenters. The highest BCUT2D eigenvalue weighted by atomic mass is 127. The Bertz CT molecular complexity index is 713. The normalized spacial score (nSPS) is 15.6. The van der Waals surface area contributed by atoms with Crippen molar-refractivity contribution in [2.75, 3.05) is 40.3 Å². The summed E-state index contributed by atoms with van der Waals surface area (Å²) in [5, 5.41) is 11.1. The predicted octanol–water partition coefficient (Wildman–Crippen LogP) is 2.90. The van der Waals surface area contributed by atoms with Crippen molar-refractivity contribution < 1.29 is 4.74 Å². The third-order valence-corrected chi connectivity index (χ3v) is 5.18. The van der Waals surface area contributed by atoms with Gasteiger partial charge in [-0.1, -0.05) is 12.1 Å². The minimum atomic E-state index is 0. The number of hydrogen-bond acceptors (Lipinski definition) is 4. The van der Waals surface area contributed by atoms with Gasteiger partial charge in [-0.3, -0.25) is 14.6 Å². The fourth-order valence-electron chi connectivity index (χ4n) is 3.63. The Balaban J connectivity index is 0.00000300. The molecule has 0 amide bonds. The number of aryl methyl sites for hydroxylation is 1. The number of benzene rings is 1. The summed E-state index contributed by atoms with van der Waals surface area (Å²) in [6.07, 6.45) is 7.34. The lowest BCUT2D eigenvalue weighted by Gasteiger charge is -2.29. The van der Waals surface area contributed by atoms with Crippen LogP contribution >= 0.6 is 24.0 Å². The van der Waals surface area contributed by atoms with E-state index in [9.17, 15) is 0 Å². The molecular weight excluding hydrogens is 479 g/mol. The van der Waals surface area contributed by atoms with Crippen LogP contribution in [0.15, 0.2) is 47.7 Å². The van der Waals surface area contributed by atoms with Crippen molar-refractivity contribution in [2.24, 2.45) is 4.99 Å². The Morgan fingerprint density at radius 1 is 1.21 bits per heavy atom. The number of nitrogens with one attached hydrogen (secondary N) is 2. The number of aromatic nitrogens is 2. The van der Waals surface area contributed by atoms with Crippen molar-refractivity contribution in [1.82, 2.24) is 25.3 Å². The standard InChI is InChI=1S/C21H32N6O.HI/c1-22-21(23-11-5-15-27-16-6-12-25-27)24-17-20(26-13-3-4-14-26)18-7-9-19(28-2)10-8-18;/h6-10,12,16,20H,3-5,11,13-15,17H2,1-2H3,(H2,22,23,24);1H. The number of ether oxygens (including phenoxy) is 1. The van der Waals surface area contributed by atoms with Crippen LogP contribution in [0.3, 0.4) is 0 Å². The second kappa shape index (κ2) is 12.7. The van der Waals surface area contributed by atoms with Crippen LogP contribution < -0.4 is 15.4 Å². The number of likely N-dealkylation sites (tertiary alicyclic amines) is 1. The summed E-state index contributed by atoms with van der Waals surface area (Å²) in [6, 6.07) is 10.7. The lowest BCUT2D eigenvalue weighted by molar-refractivity contribution is 0.245. The van der Waals surface area contributed by atoms with Crippen LogP contribution in [-0.2, 0) is 6.54 Å². The highest BCUT2D eigenvalue weighted by Gasteiger charge is 2.23. The molecule has 1 fully saturated rings. The lowest BCUT2D eigenvalue weighted by Crippen LogP contribution is -2.43. The van der Waals surface area contributed by atoms with Crippen LogP contribution in [0.25, 0.3) is 0 Å². The van der Waals surface area contributed by atoms with Gasteiger partial charge < -0.3 is 15.4 Å². The number of rotatable bonds is 9. The van der Waals surface area contributed by atoms with Crippen molar-refractivity contribution in [2.45, 2.75) is 31.8 Å². The Morgan fingerprint density at radius 3 is 2.59 bits per heavy atom. The van der Waals surface area contributed by atoms with Gasteiger partial charge in [0.05, 0.1) is 13.2 Å². The van der Waals surface area contributed by atoms with E-state index in [1.54, 1.807) is 7.11 Å². The highest BCUT2D eigenvalue weighted by Crippen LogP contribution is 2.26. The second-order valence-corrected chi connectivity index (χ2v) is 7.03. The van der Waals surface area contributed by atoms with Gasteiger partial charge in [-0.15, -0.1) is 24.0 Å². The number of aliphatic imine (C=N–C) groups is 1. The van der Waals surface area contributed by atoms with E-state index in [2.05, 4.69) is 37.8 Å². The van der Waals surface area contributed by atoms with E-state index in [-0.39, 0.29) is 24.0 Å². The maximum Gasteiger partial charge on any atom is 0.191 e. The molecule has 1 atom stereocenters. The first-order chi connectivity index (χ1) is 13.8. The molecule has 1 aliphatic rings. The summed E-state index contributed by atoms with van der Waals surface area (Å²) >= 11 is 0. The van der Waals surface area contributed by atoms with E-state index in [0.717, 1.165) is 50.9 Å². The molecule has 29 heavy (non-hydrogen) atoms. The van der Waals surface area contributed by atoms with Crippen LogP contribution in [0.4, 0.5) is 0 Å². The fraction of sp³-hybridized carbons (Fsp3) is 0.524. The van der Waals surface area contributed by atoms with E-state index < -0.39 is 0 Å². The number of nitrogens with zero attached hydrogens (tertiary/aromatic N) is 4. The Hall–Kier alpha value is -1.81. The van der Waals surface area contributed by atoms with Crippen molar-refractivity contribution in [3.8, 4) is 5.75 Å². The predicted molar refractivity (Wildman–Crippen MR) is 128 cm³/mol. The maximum atomic E-state index is 5.31. The summed E-state index contributed by atoms with van der Waals surface area (Å²) in [5.41, 5.74) is 1.31. The van der Waals surface area contributed by atoms with E-state index in [1.807, 2.05) is 42.3 Å². The van der Waals surface area contributed by atoms with Crippen LogP contribution in [0.5, 0.6) is 5.75 Å². The lowest BCUT2D eigenvalue weighted by atomic mass is 10.1. The molecule has 0 aliphatic carbocycles. The smallest absolute Gasteiger partial charge is 0.191 e. The zero-order chi connectivity index (χ0) is 19.6. The average Bonchev–Trinajstić information content (AvgIpc) is 3.44. The molecule has 1 aromatic carbocycles. The molecule has 1 saturated heterocycles. The van der Waals surface area contributed by atoms with Gasteiger partial charge in [-0.2, -0.15) is 5.10 Å². The van der Waals surface area contributed by atoms with E-state index in [1.165, 1.54) is 18.4 Å². The van der Waals surface area contributed by atoms with Gasteiger partial charge in [0.25, 0.3) is 0 Å². The Labute approximate surface area is 190 Å². The molecule has 0 spiro atoms. The molecular formula is C21H33IN6O. The third kappa shape index (κ3) is 7.18. The molecule has 0 saturated carbocycles. The van der Waals surface area contributed by atoms with Gasteiger partial charge in [0, 0.05) is 39.1 Å². The zero-order valence-electron chi connectivity index (χ0n) is 17.4. The molecule has 8 heteroatoms. The van der Waals surface area contributed by atoms with Crippen molar-refractivity contribution >= 4 is 29.9 Å². The van der Waals surface area contributed by atoms with Crippen molar-refractivity contribution in [3.05, 3.63) is 48.3 Å². The maximum absolute atomic E-state index is 5.31. The quantitative estimate of drug-likeness (QED) is 0.234. The molecule has 2 N–H and O–H groups in total. The molecule has 2 aromatic rings. The van der Waals surface area contributed by atoms with E-state index in [0.29, 0.717) is 6.04 Å². The Kier molecular flexibility index (Phi) is 10.3. The van der Waals surface area contributed by atoms with E-state index >= 15 is 0 Å². The first kappa shape index (κ1) is 23.5. The van der Waals surface area contributed by atoms with Gasteiger partial charge in [0.15, 0.2) is 5.96 Å². The summed E-state index contributed by atoms with van der Waals surface area (Å²) < 4.78 is 7.26. The minimum absolute atomic E-state index is 0. The number of hydrogen-bond donors (Lipinski definition) is 2. The summed E-state index contributed by atoms with van der Waals surface area (Å²) in [6.45, 7) is 4.88. The largest absolute Gasteiger partial charge is 0.497 e. The number of guanidine groups is 1. The zero-order valence-corrected chi connectivity index (χ0v) is 19.7. The average molecular weight is 512 g/mol. The molecule has 0 radical (unpaired) electrons. The van der Waals surface area contributed by atoms with Crippen LogP contribution in [0.2, 0.25) is 0 Å². The minimum Gasteiger partial charge on any atom is -0.497 e. The fourth-order valence-corrected chi connectivity index (χ4v) is 3.63. The summed E-state index contributed by atoms with van der Waals surface area (Å²) in [5.74, 6) is 1.74. The number of halogens is 1. The van der Waals surface area contributed by atoms with Gasteiger partial charge in [0.2, 0.25) is 0 Å². The number of methoxy groups -OCH3 is 1. The molecule has 1 aromatic heterocycles. The van der Waals surface area contributed by atoms with Crippen LogP contribution in [0.1, 0.15) is 30.9 Å². The van der Waals surface area contributed by atoms with Gasteiger partial charge in [-0.05, 0) is 56.1 Å². The van der Waals surface area contributed by atoms with Crippen molar-refractivity contribution in [1.29, 1.82) is 0 Å². The molecule has 3 rings (SSSR count).